The van der Waals surface area contributed by atoms with Crippen LogP contribution in [0.1, 0.15) is 10.6 Å². The highest BCUT2D eigenvalue weighted by Gasteiger charge is 2.32. The lowest BCUT2D eigenvalue weighted by molar-refractivity contribution is -0.138. The molecule has 10 heteroatoms. The lowest BCUT2D eigenvalue weighted by Crippen LogP contribution is -2.29. The van der Waals surface area contributed by atoms with E-state index >= 15 is 0 Å². The zero-order valence-corrected chi connectivity index (χ0v) is 14.8. The fourth-order valence-electron chi connectivity index (χ4n) is 2.34. The monoisotopic (exact) mass is 401 g/mol. The number of thiazole rings is 1. The molecule has 0 atom stereocenters. The second-order valence-electron chi connectivity index (χ2n) is 5.47. The Morgan fingerprint density at radius 2 is 2.08 bits per heavy atom. The second kappa shape index (κ2) is 6.73. The number of benzene rings is 1. The molecule has 0 saturated heterocycles. The molecule has 0 radical (unpaired) electrons. The summed E-state index contributed by atoms with van der Waals surface area (Å²) in [4.78, 5) is 28.3. The van der Waals surface area contributed by atoms with Crippen molar-refractivity contribution in [2.75, 3.05) is 5.32 Å². The maximum Gasteiger partial charge on any atom is 0.417 e. The van der Waals surface area contributed by atoms with Gasteiger partial charge in [-0.3, -0.25) is 9.59 Å². The van der Waals surface area contributed by atoms with E-state index < -0.39 is 34.8 Å². The van der Waals surface area contributed by atoms with Crippen LogP contribution in [0.3, 0.4) is 0 Å². The van der Waals surface area contributed by atoms with Crippen LogP contribution in [0.5, 0.6) is 0 Å². The number of fused-ring (bicyclic) bond motifs is 1. The van der Waals surface area contributed by atoms with Crippen molar-refractivity contribution in [2.45, 2.75) is 19.6 Å². The van der Waals surface area contributed by atoms with Gasteiger partial charge in [-0.05, 0) is 31.2 Å². The number of alkyl halides is 3. The standard InChI is InChI=1S/C16H11ClF3N3O2S/c1-8-21-12-3-2-10(5-13(12)26-8)22-14(24)7-23-6-9(16(18,19)20)4-11(17)15(23)25/h2-6H,7H2,1H3,(H,22,24). The van der Waals surface area contributed by atoms with E-state index in [0.717, 1.165) is 15.2 Å². The first kappa shape index (κ1) is 18.4. The molecule has 1 aromatic carbocycles. The Balaban J connectivity index is 1.83. The molecule has 0 spiro atoms. The fraction of sp³-hybridized carbons (Fsp3) is 0.188. The molecule has 136 valence electrons. The number of hydrogen-bond donors (Lipinski definition) is 1. The summed E-state index contributed by atoms with van der Waals surface area (Å²) in [5.41, 5.74) is -0.733. The van der Waals surface area contributed by atoms with Gasteiger partial charge in [0.15, 0.2) is 0 Å². The number of rotatable bonds is 3. The number of nitrogens with one attached hydrogen (secondary N) is 1. The first-order valence-corrected chi connectivity index (χ1v) is 8.47. The van der Waals surface area contributed by atoms with E-state index in [4.69, 9.17) is 11.6 Å². The molecule has 1 amide bonds. The number of hydrogen-bond acceptors (Lipinski definition) is 4. The number of amides is 1. The van der Waals surface area contributed by atoms with Crippen molar-refractivity contribution < 1.29 is 18.0 Å². The Morgan fingerprint density at radius 3 is 2.77 bits per heavy atom. The number of halogens is 4. The molecule has 3 aromatic rings. The summed E-state index contributed by atoms with van der Waals surface area (Å²) >= 11 is 7.01. The molecule has 3 rings (SSSR count). The van der Waals surface area contributed by atoms with Crippen LogP contribution in [0.15, 0.2) is 35.3 Å². The Kier molecular flexibility index (Phi) is 4.76. The molecule has 0 bridgehead atoms. The summed E-state index contributed by atoms with van der Waals surface area (Å²) in [5.74, 6) is -0.650. The average Bonchev–Trinajstić information content (AvgIpc) is 2.89. The van der Waals surface area contributed by atoms with Gasteiger partial charge < -0.3 is 9.88 Å². The highest BCUT2D eigenvalue weighted by atomic mass is 35.5. The smallest absolute Gasteiger partial charge is 0.324 e. The number of aryl methyl sites for hydroxylation is 1. The minimum atomic E-state index is -4.68. The van der Waals surface area contributed by atoms with Crippen LogP contribution >= 0.6 is 22.9 Å². The molecule has 26 heavy (non-hydrogen) atoms. The van der Waals surface area contributed by atoms with Crippen LogP contribution in [0.4, 0.5) is 18.9 Å². The summed E-state index contributed by atoms with van der Waals surface area (Å²) in [6.45, 7) is 1.26. The van der Waals surface area contributed by atoms with E-state index in [9.17, 15) is 22.8 Å². The molecule has 2 aromatic heterocycles. The van der Waals surface area contributed by atoms with E-state index in [2.05, 4.69) is 10.3 Å². The maximum absolute atomic E-state index is 12.8. The van der Waals surface area contributed by atoms with Gasteiger partial charge in [0.25, 0.3) is 5.56 Å². The van der Waals surface area contributed by atoms with Crippen LogP contribution in [0, 0.1) is 6.92 Å². The number of carbonyl (C=O) groups excluding carboxylic acids is 1. The van der Waals surface area contributed by atoms with E-state index in [0.29, 0.717) is 22.5 Å². The van der Waals surface area contributed by atoms with Gasteiger partial charge in [-0.1, -0.05) is 11.6 Å². The predicted molar refractivity (Wildman–Crippen MR) is 93.7 cm³/mol. The van der Waals surface area contributed by atoms with Gasteiger partial charge in [-0.2, -0.15) is 13.2 Å². The lowest BCUT2D eigenvalue weighted by atomic mass is 10.2. The molecule has 0 fully saturated rings. The van der Waals surface area contributed by atoms with Gasteiger partial charge in [-0.25, -0.2) is 4.98 Å². The zero-order valence-electron chi connectivity index (χ0n) is 13.2. The molecule has 0 aliphatic heterocycles. The van der Waals surface area contributed by atoms with Crippen molar-refractivity contribution in [1.82, 2.24) is 9.55 Å². The van der Waals surface area contributed by atoms with E-state index in [1.165, 1.54) is 11.3 Å². The lowest BCUT2D eigenvalue weighted by Gasteiger charge is -2.12. The molecule has 2 heterocycles. The number of nitrogens with zero attached hydrogens (tertiary/aromatic N) is 2. The topological polar surface area (TPSA) is 64.0 Å². The van der Waals surface area contributed by atoms with Gasteiger partial charge in [0, 0.05) is 11.9 Å². The van der Waals surface area contributed by atoms with Gasteiger partial charge in [0.2, 0.25) is 5.91 Å². The normalized spacial score (nSPS) is 11.7. The van der Waals surface area contributed by atoms with Gasteiger partial charge in [0.05, 0.1) is 20.8 Å². The summed E-state index contributed by atoms with van der Waals surface area (Å²) in [5, 5.41) is 2.82. The maximum atomic E-state index is 12.8. The predicted octanol–water partition coefficient (Wildman–Crippen LogP) is 4.08. The van der Waals surface area contributed by atoms with Crippen molar-refractivity contribution in [3.05, 3.63) is 56.4 Å². The Bertz CT molecular complexity index is 1060. The first-order chi connectivity index (χ1) is 12.1. The van der Waals surface area contributed by atoms with Crippen LogP contribution in [-0.4, -0.2) is 15.5 Å². The third kappa shape index (κ3) is 3.88. The van der Waals surface area contributed by atoms with Crippen molar-refractivity contribution in [3.8, 4) is 0 Å². The molecule has 5 nitrogen and oxygen atoms in total. The number of anilines is 1. The van der Waals surface area contributed by atoms with E-state index in [-0.39, 0.29) is 0 Å². The summed E-state index contributed by atoms with van der Waals surface area (Å²) in [6.07, 6.45) is -4.10. The highest BCUT2D eigenvalue weighted by molar-refractivity contribution is 7.18. The third-order valence-electron chi connectivity index (χ3n) is 3.46. The van der Waals surface area contributed by atoms with E-state index in [1.807, 2.05) is 6.92 Å². The molecule has 0 aliphatic carbocycles. The minimum Gasteiger partial charge on any atom is -0.324 e. The summed E-state index contributed by atoms with van der Waals surface area (Å²) in [6, 6.07) is 5.60. The van der Waals surface area contributed by atoms with E-state index in [1.54, 1.807) is 18.2 Å². The van der Waals surface area contributed by atoms with Crippen LogP contribution in [-0.2, 0) is 17.5 Å². The van der Waals surface area contributed by atoms with Gasteiger partial charge in [-0.15, -0.1) is 11.3 Å². The Morgan fingerprint density at radius 1 is 1.35 bits per heavy atom. The molecular formula is C16H11ClF3N3O2S. The largest absolute Gasteiger partial charge is 0.417 e. The summed E-state index contributed by atoms with van der Waals surface area (Å²) < 4.78 is 40.0. The Hall–Kier alpha value is -2.39. The second-order valence-corrected chi connectivity index (χ2v) is 7.11. The summed E-state index contributed by atoms with van der Waals surface area (Å²) in [7, 11) is 0. The van der Waals surface area contributed by atoms with Gasteiger partial charge in [0.1, 0.15) is 11.6 Å². The zero-order chi connectivity index (χ0) is 19.1. The van der Waals surface area contributed by atoms with Crippen molar-refractivity contribution >= 4 is 44.7 Å². The Labute approximate surface area is 154 Å². The quantitative estimate of drug-likeness (QED) is 0.719. The van der Waals surface area contributed by atoms with Crippen LogP contribution in [0.2, 0.25) is 5.02 Å². The van der Waals surface area contributed by atoms with Crippen molar-refractivity contribution in [2.24, 2.45) is 0 Å². The third-order valence-corrected chi connectivity index (χ3v) is 4.67. The molecular weight excluding hydrogens is 391 g/mol. The SMILES string of the molecule is Cc1nc2ccc(NC(=O)Cn3cc(C(F)(F)F)cc(Cl)c3=O)cc2s1. The van der Waals surface area contributed by atoms with Crippen molar-refractivity contribution in [1.29, 1.82) is 0 Å². The molecule has 1 N–H and O–H groups in total. The molecule has 0 unspecified atom stereocenters. The minimum absolute atomic E-state index is 0.456. The van der Waals surface area contributed by atoms with Crippen LogP contribution in [0.25, 0.3) is 10.2 Å². The number of carbonyl (C=O) groups is 1. The molecule has 0 aliphatic rings. The van der Waals surface area contributed by atoms with Crippen LogP contribution < -0.4 is 10.9 Å². The molecule has 0 saturated carbocycles. The van der Waals surface area contributed by atoms with Crippen molar-refractivity contribution in [3.63, 3.8) is 0 Å². The number of aromatic nitrogens is 2. The first-order valence-electron chi connectivity index (χ1n) is 7.28. The fourth-order valence-corrected chi connectivity index (χ4v) is 3.44. The average molecular weight is 402 g/mol. The number of pyridine rings is 1. The van der Waals surface area contributed by atoms with Gasteiger partial charge >= 0.3 is 6.18 Å². The highest BCUT2D eigenvalue weighted by Crippen LogP contribution is 2.29.